The normalized spacial score (nSPS) is 11.9. The zero-order chi connectivity index (χ0) is 27.7. The molecule has 3 aromatic rings. The summed E-state index contributed by atoms with van der Waals surface area (Å²) in [6, 6.07) is 21.6. The van der Waals surface area contributed by atoms with Crippen LogP contribution in [0.5, 0.6) is 5.75 Å². The fraction of sp³-hybridized carbons (Fsp3) is 0.310. The minimum Gasteiger partial charge on any atom is -0.497 e. The van der Waals surface area contributed by atoms with Crippen molar-refractivity contribution in [2.75, 3.05) is 25.0 Å². The molecule has 8 nitrogen and oxygen atoms in total. The first-order chi connectivity index (χ1) is 18.3. The van der Waals surface area contributed by atoms with Crippen LogP contribution in [0.2, 0.25) is 0 Å². The van der Waals surface area contributed by atoms with E-state index < -0.39 is 28.5 Å². The lowest BCUT2D eigenvalue weighted by molar-refractivity contribution is -0.140. The van der Waals surface area contributed by atoms with Gasteiger partial charge < -0.3 is 15.0 Å². The highest BCUT2D eigenvalue weighted by Crippen LogP contribution is 2.28. The molecule has 0 heterocycles. The third kappa shape index (κ3) is 6.52. The first-order valence-corrected chi connectivity index (χ1v) is 14.0. The minimum absolute atomic E-state index is 0.0822. The van der Waals surface area contributed by atoms with Gasteiger partial charge in [0.1, 0.15) is 18.3 Å². The van der Waals surface area contributed by atoms with Gasteiger partial charge in [0, 0.05) is 13.6 Å². The summed E-state index contributed by atoms with van der Waals surface area (Å²) < 4.78 is 34.1. The highest BCUT2D eigenvalue weighted by Gasteiger charge is 2.34. The maximum atomic E-state index is 14.0. The van der Waals surface area contributed by atoms with Gasteiger partial charge in [0.15, 0.2) is 0 Å². The van der Waals surface area contributed by atoms with Crippen molar-refractivity contribution in [1.82, 2.24) is 10.2 Å². The molecule has 0 radical (unpaired) electrons. The van der Waals surface area contributed by atoms with E-state index in [0.29, 0.717) is 24.3 Å². The first-order valence-electron chi connectivity index (χ1n) is 12.6. The zero-order valence-corrected chi connectivity index (χ0v) is 23.1. The Morgan fingerprint density at radius 2 is 1.55 bits per heavy atom. The predicted octanol–water partition coefficient (Wildman–Crippen LogP) is 4.01. The van der Waals surface area contributed by atoms with Gasteiger partial charge in [0.05, 0.1) is 17.7 Å². The van der Waals surface area contributed by atoms with Gasteiger partial charge in [-0.2, -0.15) is 0 Å². The molecule has 0 bridgehead atoms. The minimum atomic E-state index is -4.09. The van der Waals surface area contributed by atoms with Gasteiger partial charge in [-0.15, -0.1) is 0 Å². The Bertz CT molecular complexity index is 1330. The van der Waals surface area contributed by atoms with Crippen molar-refractivity contribution in [3.05, 3.63) is 90.0 Å². The third-order valence-electron chi connectivity index (χ3n) is 6.40. The topological polar surface area (TPSA) is 96.0 Å². The summed E-state index contributed by atoms with van der Waals surface area (Å²) in [6.45, 7) is 3.42. The van der Waals surface area contributed by atoms with E-state index in [0.717, 1.165) is 15.4 Å². The smallest absolute Gasteiger partial charge is 0.264 e. The largest absolute Gasteiger partial charge is 0.497 e. The van der Waals surface area contributed by atoms with Crippen LogP contribution < -0.4 is 14.4 Å². The van der Waals surface area contributed by atoms with Crippen molar-refractivity contribution in [3.63, 3.8) is 0 Å². The fourth-order valence-corrected chi connectivity index (χ4v) is 5.77. The molecule has 1 N–H and O–H groups in total. The monoisotopic (exact) mass is 537 g/mol. The predicted molar refractivity (Wildman–Crippen MR) is 148 cm³/mol. The van der Waals surface area contributed by atoms with E-state index in [1.54, 1.807) is 49.6 Å². The molecule has 0 aliphatic heterocycles. The molecular formula is C29H35N3O5S. The van der Waals surface area contributed by atoms with Crippen LogP contribution in [0.4, 0.5) is 5.69 Å². The molecule has 9 heteroatoms. The number of methoxy groups -OCH3 is 1. The van der Waals surface area contributed by atoms with Gasteiger partial charge in [-0.05, 0) is 54.3 Å². The van der Waals surface area contributed by atoms with Crippen molar-refractivity contribution in [2.24, 2.45) is 0 Å². The lowest BCUT2D eigenvalue weighted by atomic mass is 10.1. The number of carbonyl (C=O) groups is 2. The number of sulfonamides is 1. The number of ether oxygens (including phenoxy) is 1. The Labute approximate surface area is 225 Å². The van der Waals surface area contributed by atoms with Crippen LogP contribution in [0.1, 0.15) is 31.4 Å². The van der Waals surface area contributed by atoms with E-state index in [9.17, 15) is 18.0 Å². The van der Waals surface area contributed by atoms with Crippen molar-refractivity contribution < 1.29 is 22.7 Å². The molecule has 0 unspecified atom stereocenters. The SMILES string of the molecule is CCc1ccccc1N(CC(=O)N(Cc1ccc(OC)cc1)[C@@H](CC)C(=O)NC)S(=O)(=O)c1ccccc1. The summed E-state index contributed by atoms with van der Waals surface area (Å²) in [7, 11) is -0.999. The quantitative estimate of drug-likeness (QED) is 0.377. The van der Waals surface area contributed by atoms with Gasteiger partial charge in [-0.25, -0.2) is 8.42 Å². The summed E-state index contributed by atoms with van der Waals surface area (Å²) in [5.74, 6) is -0.135. The molecule has 0 saturated carbocycles. The maximum Gasteiger partial charge on any atom is 0.264 e. The van der Waals surface area contributed by atoms with Crippen LogP contribution in [0.3, 0.4) is 0 Å². The maximum absolute atomic E-state index is 14.0. The fourth-order valence-electron chi connectivity index (χ4n) is 4.30. The van der Waals surface area contributed by atoms with E-state index in [2.05, 4.69) is 5.32 Å². The second kappa shape index (κ2) is 13.1. The number of hydrogen-bond donors (Lipinski definition) is 1. The molecule has 2 amide bonds. The summed E-state index contributed by atoms with van der Waals surface area (Å²) >= 11 is 0. The Hall–Kier alpha value is -3.85. The second-order valence-electron chi connectivity index (χ2n) is 8.72. The molecule has 0 fully saturated rings. The number of aryl methyl sites for hydroxylation is 1. The van der Waals surface area contributed by atoms with Crippen LogP contribution in [0, 0.1) is 0 Å². The van der Waals surface area contributed by atoms with Crippen molar-refractivity contribution in [2.45, 2.75) is 44.2 Å². The van der Waals surface area contributed by atoms with Crippen LogP contribution in [0.25, 0.3) is 0 Å². The molecule has 0 aliphatic rings. The Balaban J connectivity index is 2.07. The summed E-state index contributed by atoms with van der Waals surface area (Å²) in [5.41, 5.74) is 2.01. The van der Waals surface area contributed by atoms with E-state index in [1.807, 2.05) is 38.1 Å². The molecule has 3 aromatic carbocycles. The number of para-hydroxylation sites is 1. The standard InChI is InChI=1S/C29H35N3O5S/c1-5-23-12-10-11-15-27(23)32(38(35,36)25-13-8-7-9-14-25)21-28(33)31(26(6-2)29(34)30-3)20-22-16-18-24(37-4)19-17-22/h7-19,26H,5-6,20-21H2,1-4H3,(H,30,34)/t26-/m0/s1. The van der Waals surface area contributed by atoms with Crippen LogP contribution in [-0.4, -0.2) is 51.9 Å². The van der Waals surface area contributed by atoms with Gasteiger partial charge in [0.2, 0.25) is 11.8 Å². The number of nitrogens with zero attached hydrogens (tertiary/aromatic N) is 2. The van der Waals surface area contributed by atoms with Gasteiger partial charge in [-0.3, -0.25) is 13.9 Å². The van der Waals surface area contributed by atoms with Crippen molar-refractivity contribution in [1.29, 1.82) is 0 Å². The molecule has 0 aliphatic carbocycles. The van der Waals surface area contributed by atoms with E-state index in [-0.39, 0.29) is 17.3 Å². The Morgan fingerprint density at radius 1 is 0.921 bits per heavy atom. The lowest BCUT2D eigenvalue weighted by Crippen LogP contribution is -2.51. The Kier molecular flexibility index (Phi) is 9.90. The Morgan fingerprint density at radius 3 is 2.13 bits per heavy atom. The van der Waals surface area contributed by atoms with Crippen molar-refractivity contribution >= 4 is 27.5 Å². The van der Waals surface area contributed by atoms with Gasteiger partial charge in [-0.1, -0.05) is 62.4 Å². The number of hydrogen-bond acceptors (Lipinski definition) is 5. The average Bonchev–Trinajstić information content (AvgIpc) is 2.96. The molecular weight excluding hydrogens is 502 g/mol. The third-order valence-corrected chi connectivity index (χ3v) is 8.17. The van der Waals surface area contributed by atoms with Gasteiger partial charge >= 0.3 is 0 Å². The molecule has 1 atom stereocenters. The summed E-state index contributed by atoms with van der Waals surface area (Å²) in [6.07, 6.45) is 0.940. The highest BCUT2D eigenvalue weighted by atomic mass is 32.2. The molecule has 38 heavy (non-hydrogen) atoms. The molecule has 202 valence electrons. The van der Waals surface area contributed by atoms with Crippen molar-refractivity contribution in [3.8, 4) is 5.75 Å². The second-order valence-corrected chi connectivity index (χ2v) is 10.6. The molecule has 0 saturated heterocycles. The number of nitrogens with one attached hydrogen (secondary N) is 1. The van der Waals surface area contributed by atoms with Crippen LogP contribution in [-0.2, 0) is 32.6 Å². The van der Waals surface area contributed by atoms with E-state index >= 15 is 0 Å². The average molecular weight is 538 g/mol. The summed E-state index contributed by atoms with van der Waals surface area (Å²) in [4.78, 5) is 28.3. The number of amides is 2. The number of carbonyl (C=O) groups excluding carboxylic acids is 2. The number of likely N-dealkylation sites (N-methyl/N-ethyl adjacent to an activating group) is 1. The van der Waals surface area contributed by atoms with Crippen LogP contribution >= 0.6 is 0 Å². The number of rotatable bonds is 12. The summed E-state index contributed by atoms with van der Waals surface area (Å²) in [5, 5.41) is 2.63. The highest BCUT2D eigenvalue weighted by molar-refractivity contribution is 7.92. The number of anilines is 1. The first kappa shape index (κ1) is 28.7. The molecule has 0 spiro atoms. The van der Waals surface area contributed by atoms with E-state index in [1.165, 1.54) is 24.1 Å². The number of benzene rings is 3. The molecule has 3 rings (SSSR count). The lowest BCUT2D eigenvalue weighted by Gasteiger charge is -2.33. The van der Waals surface area contributed by atoms with Crippen LogP contribution in [0.15, 0.2) is 83.8 Å². The molecule has 0 aromatic heterocycles. The van der Waals surface area contributed by atoms with Gasteiger partial charge in [0.25, 0.3) is 10.0 Å². The zero-order valence-electron chi connectivity index (χ0n) is 22.3. The van der Waals surface area contributed by atoms with E-state index in [4.69, 9.17) is 4.74 Å².